The number of carbonyl (C=O) groups excluding carboxylic acids is 2. The first-order chi connectivity index (χ1) is 12.5. The second kappa shape index (κ2) is 12.0. The maximum atomic E-state index is 12.5. The molecule has 1 fully saturated rings. The molecule has 2 rings (SSSR count). The van der Waals surface area contributed by atoms with Crippen LogP contribution in [0.4, 0.5) is 0 Å². The Labute approximate surface area is 169 Å². The standard InChI is InChI=1S/C21H33N3O2.ClH/c1-16(2)14-19(15-22)23-21(26)18-10-12-24(13-11-18)20(25)9-8-17-6-4-3-5-7-17;/h3-7,16,18-19H,8-15,22H2,1-2H3,(H,23,26);1H. The molecule has 0 aliphatic carbocycles. The molecule has 27 heavy (non-hydrogen) atoms. The van der Waals surface area contributed by atoms with Gasteiger partial charge in [0.15, 0.2) is 0 Å². The Hall–Kier alpha value is -1.59. The Morgan fingerprint density at radius 3 is 2.37 bits per heavy atom. The molecule has 1 aromatic carbocycles. The summed E-state index contributed by atoms with van der Waals surface area (Å²) < 4.78 is 0. The van der Waals surface area contributed by atoms with Gasteiger partial charge in [-0.1, -0.05) is 44.2 Å². The fourth-order valence-corrected chi connectivity index (χ4v) is 3.55. The molecule has 0 aromatic heterocycles. The van der Waals surface area contributed by atoms with Crippen molar-refractivity contribution in [3.63, 3.8) is 0 Å². The molecule has 0 radical (unpaired) electrons. The fraction of sp³-hybridized carbons (Fsp3) is 0.619. The summed E-state index contributed by atoms with van der Waals surface area (Å²) in [7, 11) is 0. The largest absolute Gasteiger partial charge is 0.352 e. The summed E-state index contributed by atoms with van der Waals surface area (Å²) in [5.74, 6) is 0.784. The molecule has 1 heterocycles. The number of hydrogen-bond acceptors (Lipinski definition) is 3. The van der Waals surface area contributed by atoms with Gasteiger partial charge in [-0.3, -0.25) is 9.59 Å². The van der Waals surface area contributed by atoms with Crippen LogP contribution in [0.2, 0.25) is 0 Å². The number of amides is 2. The van der Waals surface area contributed by atoms with Crippen LogP contribution in [0, 0.1) is 11.8 Å². The van der Waals surface area contributed by atoms with Gasteiger partial charge in [-0.2, -0.15) is 0 Å². The van der Waals surface area contributed by atoms with E-state index in [1.54, 1.807) is 0 Å². The molecular weight excluding hydrogens is 362 g/mol. The molecule has 1 aliphatic rings. The number of carbonyl (C=O) groups is 2. The third-order valence-electron chi connectivity index (χ3n) is 5.08. The predicted molar refractivity (Wildman–Crippen MR) is 112 cm³/mol. The normalized spacial score (nSPS) is 15.9. The van der Waals surface area contributed by atoms with Crippen molar-refractivity contribution < 1.29 is 9.59 Å². The maximum Gasteiger partial charge on any atom is 0.223 e. The van der Waals surface area contributed by atoms with Gasteiger partial charge in [0.2, 0.25) is 11.8 Å². The van der Waals surface area contributed by atoms with Crippen LogP contribution in [-0.2, 0) is 16.0 Å². The maximum absolute atomic E-state index is 12.5. The van der Waals surface area contributed by atoms with Gasteiger partial charge in [0.05, 0.1) is 0 Å². The highest BCUT2D eigenvalue weighted by Gasteiger charge is 2.28. The molecule has 1 unspecified atom stereocenters. The molecule has 0 spiro atoms. The topological polar surface area (TPSA) is 75.4 Å². The SMILES string of the molecule is CC(C)CC(CN)NC(=O)C1CCN(C(=O)CCc2ccccc2)CC1.Cl. The van der Waals surface area contributed by atoms with Crippen molar-refractivity contribution in [2.75, 3.05) is 19.6 Å². The van der Waals surface area contributed by atoms with Crippen LogP contribution in [0.25, 0.3) is 0 Å². The molecule has 3 N–H and O–H groups in total. The predicted octanol–water partition coefficient (Wildman–Crippen LogP) is 2.77. The van der Waals surface area contributed by atoms with Gasteiger partial charge in [0.1, 0.15) is 0 Å². The highest BCUT2D eigenvalue weighted by atomic mass is 35.5. The third kappa shape index (κ3) is 7.89. The fourth-order valence-electron chi connectivity index (χ4n) is 3.55. The van der Waals surface area contributed by atoms with Crippen LogP contribution >= 0.6 is 12.4 Å². The number of rotatable bonds is 8. The van der Waals surface area contributed by atoms with E-state index in [-0.39, 0.29) is 36.2 Å². The summed E-state index contributed by atoms with van der Waals surface area (Å²) in [5.41, 5.74) is 6.96. The van der Waals surface area contributed by atoms with Gasteiger partial charge in [-0.25, -0.2) is 0 Å². The van der Waals surface area contributed by atoms with Crippen molar-refractivity contribution in [2.24, 2.45) is 17.6 Å². The summed E-state index contributed by atoms with van der Waals surface area (Å²) >= 11 is 0. The van der Waals surface area contributed by atoms with E-state index in [0.29, 0.717) is 32.0 Å². The van der Waals surface area contributed by atoms with E-state index in [4.69, 9.17) is 5.73 Å². The van der Waals surface area contributed by atoms with Gasteiger partial charge in [-0.15, -0.1) is 12.4 Å². The number of nitrogens with one attached hydrogen (secondary N) is 1. The summed E-state index contributed by atoms with van der Waals surface area (Å²) in [6.45, 7) is 6.08. The lowest BCUT2D eigenvalue weighted by Crippen LogP contribution is -2.47. The number of hydrogen-bond donors (Lipinski definition) is 2. The first-order valence-electron chi connectivity index (χ1n) is 9.81. The number of nitrogens with two attached hydrogens (primary N) is 1. The third-order valence-corrected chi connectivity index (χ3v) is 5.08. The Balaban J connectivity index is 0.00000364. The number of likely N-dealkylation sites (tertiary alicyclic amines) is 1. The van der Waals surface area contributed by atoms with Crippen LogP contribution in [0.5, 0.6) is 0 Å². The molecule has 2 amide bonds. The number of benzene rings is 1. The highest BCUT2D eigenvalue weighted by molar-refractivity contribution is 5.85. The van der Waals surface area contributed by atoms with E-state index >= 15 is 0 Å². The molecule has 0 saturated carbocycles. The average molecular weight is 396 g/mol. The molecule has 5 nitrogen and oxygen atoms in total. The van der Waals surface area contributed by atoms with Gasteiger partial charge in [0, 0.05) is 38.0 Å². The van der Waals surface area contributed by atoms with Crippen molar-refractivity contribution in [3.05, 3.63) is 35.9 Å². The van der Waals surface area contributed by atoms with Gasteiger partial charge in [-0.05, 0) is 37.2 Å². The zero-order valence-corrected chi connectivity index (χ0v) is 17.3. The zero-order chi connectivity index (χ0) is 18.9. The van der Waals surface area contributed by atoms with E-state index in [2.05, 4.69) is 31.3 Å². The molecule has 152 valence electrons. The van der Waals surface area contributed by atoms with E-state index < -0.39 is 0 Å². The van der Waals surface area contributed by atoms with E-state index in [1.807, 2.05) is 23.1 Å². The molecule has 0 bridgehead atoms. The smallest absolute Gasteiger partial charge is 0.223 e. The van der Waals surface area contributed by atoms with Crippen molar-refractivity contribution in [3.8, 4) is 0 Å². The van der Waals surface area contributed by atoms with E-state index in [0.717, 1.165) is 25.7 Å². The molecule has 1 aliphatic heterocycles. The van der Waals surface area contributed by atoms with Crippen molar-refractivity contribution >= 4 is 24.2 Å². The number of aryl methyl sites for hydroxylation is 1. The first kappa shape index (κ1) is 23.4. The van der Waals surface area contributed by atoms with Gasteiger partial charge >= 0.3 is 0 Å². The van der Waals surface area contributed by atoms with Crippen LogP contribution in [0.1, 0.15) is 45.1 Å². The minimum Gasteiger partial charge on any atom is -0.352 e. The Morgan fingerprint density at radius 1 is 1.19 bits per heavy atom. The van der Waals surface area contributed by atoms with Gasteiger partial charge in [0.25, 0.3) is 0 Å². The first-order valence-corrected chi connectivity index (χ1v) is 9.81. The monoisotopic (exact) mass is 395 g/mol. The summed E-state index contributed by atoms with van der Waals surface area (Å²) in [5, 5.41) is 3.09. The lowest BCUT2D eigenvalue weighted by Gasteiger charge is -2.32. The van der Waals surface area contributed by atoms with Crippen LogP contribution in [0.3, 0.4) is 0 Å². The second-order valence-electron chi connectivity index (χ2n) is 7.71. The molecular formula is C21H34ClN3O2. The Kier molecular flexibility index (Phi) is 10.4. The second-order valence-corrected chi connectivity index (χ2v) is 7.71. The summed E-state index contributed by atoms with van der Waals surface area (Å²) in [6, 6.07) is 10.1. The summed E-state index contributed by atoms with van der Waals surface area (Å²) in [6.07, 6.45) is 3.68. The summed E-state index contributed by atoms with van der Waals surface area (Å²) in [4.78, 5) is 26.8. The van der Waals surface area contributed by atoms with Crippen LogP contribution in [-0.4, -0.2) is 42.4 Å². The van der Waals surface area contributed by atoms with E-state index in [9.17, 15) is 9.59 Å². The number of nitrogens with zero attached hydrogens (tertiary/aromatic N) is 1. The Morgan fingerprint density at radius 2 is 1.81 bits per heavy atom. The van der Waals surface area contributed by atoms with Crippen LogP contribution in [0.15, 0.2) is 30.3 Å². The average Bonchev–Trinajstić information content (AvgIpc) is 2.66. The molecule has 1 atom stereocenters. The zero-order valence-electron chi connectivity index (χ0n) is 16.5. The quantitative estimate of drug-likeness (QED) is 0.710. The lowest BCUT2D eigenvalue weighted by atomic mass is 9.94. The lowest BCUT2D eigenvalue weighted by molar-refractivity contribution is -0.135. The number of halogens is 1. The van der Waals surface area contributed by atoms with Crippen LogP contribution < -0.4 is 11.1 Å². The number of piperidine rings is 1. The van der Waals surface area contributed by atoms with E-state index in [1.165, 1.54) is 5.56 Å². The molecule has 6 heteroatoms. The Bertz CT molecular complexity index is 572. The van der Waals surface area contributed by atoms with Crippen molar-refractivity contribution in [1.29, 1.82) is 0 Å². The molecule has 1 saturated heterocycles. The highest BCUT2D eigenvalue weighted by Crippen LogP contribution is 2.19. The molecule has 1 aromatic rings. The minimum atomic E-state index is -0.00520. The minimum absolute atomic E-state index is 0. The van der Waals surface area contributed by atoms with Crippen molar-refractivity contribution in [1.82, 2.24) is 10.2 Å². The van der Waals surface area contributed by atoms with Gasteiger partial charge < -0.3 is 16.0 Å². The van der Waals surface area contributed by atoms with Crippen molar-refractivity contribution in [2.45, 2.75) is 52.0 Å².